The lowest BCUT2D eigenvalue weighted by atomic mass is 9.77. The highest BCUT2D eigenvalue weighted by atomic mass is 16.6. The van der Waals surface area contributed by atoms with E-state index in [1.165, 1.54) is 0 Å². The Balaban J connectivity index is 1.45. The largest absolute Gasteiger partial charge is 0.491 e. The minimum absolute atomic E-state index is 0.00306. The molecule has 0 bridgehead atoms. The molecular weight excluding hydrogens is 374 g/mol. The molecule has 1 fully saturated rings. The van der Waals surface area contributed by atoms with E-state index in [1.807, 2.05) is 41.3 Å². The molecule has 1 spiro atoms. The summed E-state index contributed by atoms with van der Waals surface area (Å²) in [5.41, 5.74) is 1.81. The summed E-state index contributed by atoms with van der Waals surface area (Å²) in [5, 5.41) is 0. The summed E-state index contributed by atoms with van der Waals surface area (Å²) in [4.78, 5) is 15.7. The smallest absolute Gasteiger partial charge is 0.245 e. The number of carbonyl (C=O) groups is 1. The molecule has 0 aromatic heterocycles. The molecule has 4 heterocycles. The molecule has 0 aliphatic carbocycles. The van der Waals surface area contributed by atoms with E-state index < -0.39 is 5.41 Å². The molecule has 0 unspecified atom stereocenters. The Morgan fingerprint density at radius 1 is 0.931 bits per heavy atom. The quantitative estimate of drug-likeness (QED) is 0.774. The first-order valence-electron chi connectivity index (χ1n) is 9.95. The molecule has 4 aliphatic heterocycles. The van der Waals surface area contributed by atoms with Gasteiger partial charge in [-0.1, -0.05) is 18.2 Å². The number of fused-ring (bicyclic) bond motifs is 5. The van der Waals surface area contributed by atoms with Crippen LogP contribution in [0, 0.1) is 0 Å². The summed E-state index contributed by atoms with van der Waals surface area (Å²) in [5.74, 6) is 2.00. The maximum Gasteiger partial charge on any atom is 0.245 e. The van der Waals surface area contributed by atoms with Gasteiger partial charge in [-0.15, -0.1) is 0 Å². The maximum absolute atomic E-state index is 13.9. The Morgan fingerprint density at radius 3 is 2.59 bits per heavy atom. The molecule has 0 radical (unpaired) electrons. The lowest BCUT2D eigenvalue weighted by molar-refractivity contribution is -0.123. The zero-order chi connectivity index (χ0) is 19.4. The zero-order valence-corrected chi connectivity index (χ0v) is 15.9. The van der Waals surface area contributed by atoms with Crippen molar-refractivity contribution >= 4 is 11.6 Å². The fraction of sp³-hybridized carbons (Fsp3) is 0.409. The number of hydrogen-bond donors (Lipinski definition) is 0. The van der Waals surface area contributed by atoms with E-state index in [1.54, 1.807) is 0 Å². The molecule has 7 heteroatoms. The van der Waals surface area contributed by atoms with Crippen LogP contribution in [0.1, 0.15) is 11.1 Å². The molecule has 29 heavy (non-hydrogen) atoms. The van der Waals surface area contributed by atoms with E-state index in [4.69, 9.17) is 23.7 Å². The molecule has 0 saturated carbocycles. The number of anilines is 1. The molecule has 1 amide bonds. The van der Waals surface area contributed by atoms with Crippen molar-refractivity contribution in [2.75, 3.05) is 51.1 Å². The standard InChI is InChI=1S/C22H21NO6/c24-21-22(13-29-18-10-20-19(9-16(18)22)27-7-8-28-20)15-3-1-2-4-17(15)23(21)11-14-12-25-5-6-26-14/h1-4,9-10,14H,5-8,11-13H2/t14-,22+/m0/s1. The van der Waals surface area contributed by atoms with E-state index in [2.05, 4.69) is 0 Å². The van der Waals surface area contributed by atoms with E-state index in [0.717, 1.165) is 16.8 Å². The first-order chi connectivity index (χ1) is 14.3. The normalized spacial score (nSPS) is 27.0. The second kappa shape index (κ2) is 6.37. The maximum atomic E-state index is 13.9. The van der Waals surface area contributed by atoms with Crippen LogP contribution in [0.15, 0.2) is 36.4 Å². The van der Waals surface area contributed by atoms with Crippen LogP contribution < -0.4 is 19.1 Å². The van der Waals surface area contributed by atoms with Gasteiger partial charge in [-0.2, -0.15) is 0 Å². The Bertz CT molecular complexity index is 985. The van der Waals surface area contributed by atoms with Crippen molar-refractivity contribution < 1.29 is 28.5 Å². The second-order valence-electron chi connectivity index (χ2n) is 7.69. The fourth-order valence-corrected chi connectivity index (χ4v) is 4.74. The Hall–Kier alpha value is -2.77. The fourth-order valence-electron chi connectivity index (χ4n) is 4.74. The number of amides is 1. The third-order valence-corrected chi connectivity index (χ3v) is 6.08. The summed E-state index contributed by atoms with van der Waals surface area (Å²) in [6.45, 7) is 3.36. The molecule has 0 N–H and O–H groups in total. The molecule has 4 aliphatic rings. The molecular formula is C22H21NO6. The van der Waals surface area contributed by atoms with Crippen LogP contribution in [0.2, 0.25) is 0 Å². The van der Waals surface area contributed by atoms with Crippen molar-refractivity contribution in [1.29, 1.82) is 0 Å². The van der Waals surface area contributed by atoms with Crippen LogP contribution in [-0.4, -0.2) is 58.2 Å². The number of rotatable bonds is 2. The number of carbonyl (C=O) groups excluding carboxylic acids is 1. The third-order valence-electron chi connectivity index (χ3n) is 6.08. The van der Waals surface area contributed by atoms with Gasteiger partial charge in [-0.3, -0.25) is 4.79 Å². The third kappa shape index (κ3) is 2.41. The van der Waals surface area contributed by atoms with Crippen LogP contribution in [0.5, 0.6) is 17.2 Å². The Labute approximate surface area is 168 Å². The minimum Gasteiger partial charge on any atom is -0.491 e. The van der Waals surface area contributed by atoms with E-state index in [-0.39, 0.29) is 18.6 Å². The van der Waals surface area contributed by atoms with Crippen LogP contribution >= 0.6 is 0 Å². The summed E-state index contributed by atoms with van der Waals surface area (Å²) < 4.78 is 28.8. The van der Waals surface area contributed by atoms with Crippen LogP contribution in [0.3, 0.4) is 0 Å². The van der Waals surface area contributed by atoms with Crippen molar-refractivity contribution in [3.63, 3.8) is 0 Å². The van der Waals surface area contributed by atoms with Gasteiger partial charge in [-0.25, -0.2) is 0 Å². The van der Waals surface area contributed by atoms with Crippen LogP contribution in [0.4, 0.5) is 5.69 Å². The van der Waals surface area contributed by atoms with Gasteiger partial charge < -0.3 is 28.6 Å². The SMILES string of the molecule is O=C1N(C[C@H]2COCCO2)c2ccccc2[C@@]12COc1cc3c(cc12)OCCO3. The highest BCUT2D eigenvalue weighted by molar-refractivity contribution is 6.11. The van der Waals surface area contributed by atoms with Crippen LogP contribution in [0.25, 0.3) is 0 Å². The van der Waals surface area contributed by atoms with Gasteiger partial charge in [-0.05, 0) is 17.7 Å². The van der Waals surface area contributed by atoms with Crippen molar-refractivity contribution in [3.05, 3.63) is 47.5 Å². The lowest BCUT2D eigenvalue weighted by Crippen LogP contribution is -2.47. The number of ether oxygens (including phenoxy) is 5. The zero-order valence-electron chi connectivity index (χ0n) is 15.9. The average Bonchev–Trinajstić information content (AvgIpc) is 3.25. The van der Waals surface area contributed by atoms with Gasteiger partial charge in [0.1, 0.15) is 31.0 Å². The number of para-hydroxylation sites is 1. The summed E-state index contributed by atoms with van der Waals surface area (Å²) >= 11 is 0. The highest BCUT2D eigenvalue weighted by Gasteiger charge is 2.57. The average molecular weight is 395 g/mol. The monoisotopic (exact) mass is 395 g/mol. The molecule has 6 rings (SSSR count). The molecule has 2 aromatic carbocycles. The first kappa shape index (κ1) is 17.1. The molecule has 150 valence electrons. The summed E-state index contributed by atoms with van der Waals surface area (Å²) in [7, 11) is 0. The van der Waals surface area contributed by atoms with Gasteiger partial charge in [0.15, 0.2) is 11.5 Å². The molecule has 1 saturated heterocycles. The molecule has 7 nitrogen and oxygen atoms in total. The predicted octanol–water partition coefficient (Wildman–Crippen LogP) is 1.90. The van der Waals surface area contributed by atoms with Crippen molar-refractivity contribution in [1.82, 2.24) is 0 Å². The van der Waals surface area contributed by atoms with Gasteiger partial charge in [0.2, 0.25) is 5.91 Å². The van der Waals surface area contributed by atoms with Gasteiger partial charge in [0.05, 0.1) is 32.5 Å². The van der Waals surface area contributed by atoms with E-state index >= 15 is 0 Å². The number of benzene rings is 2. The molecule has 2 aromatic rings. The summed E-state index contributed by atoms with van der Waals surface area (Å²) in [6.07, 6.45) is -0.141. The van der Waals surface area contributed by atoms with Crippen molar-refractivity contribution in [2.45, 2.75) is 11.5 Å². The van der Waals surface area contributed by atoms with E-state index in [0.29, 0.717) is 56.8 Å². The minimum atomic E-state index is -0.878. The van der Waals surface area contributed by atoms with E-state index in [9.17, 15) is 4.79 Å². The first-order valence-corrected chi connectivity index (χ1v) is 9.95. The Morgan fingerprint density at radius 2 is 1.76 bits per heavy atom. The molecule has 2 atom stereocenters. The predicted molar refractivity (Wildman–Crippen MR) is 103 cm³/mol. The van der Waals surface area contributed by atoms with Crippen molar-refractivity contribution in [3.8, 4) is 17.2 Å². The second-order valence-corrected chi connectivity index (χ2v) is 7.69. The van der Waals surface area contributed by atoms with Gasteiger partial charge >= 0.3 is 0 Å². The lowest BCUT2D eigenvalue weighted by Gasteiger charge is -2.29. The summed E-state index contributed by atoms with van der Waals surface area (Å²) in [6, 6.07) is 11.7. The van der Waals surface area contributed by atoms with Crippen LogP contribution in [-0.2, 0) is 19.7 Å². The Kier molecular flexibility index (Phi) is 3.76. The topological polar surface area (TPSA) is 66.5 Å². The van der Waals surface area contributed by atoms with Gasteiger partial charge in [0.25, 0.3) is 0 Å². The number of nitrogens with zero attached hydrogens (tertiary/aromatic N) is 1. The van der Waals surface area contributed by atoms with Gasteiger partial charge in [0, 0.05) is 17.3 Å². The van der Waals surface area contributed by atoms with Crippen molar-refractivity contribution in [2.24, 2.45) is 0 Å². The highest BCUT2D eigenvalue weighted by Crippen LogP contribution is 2.54. The number of hydrogen-bond acceptors (Lipinski definition) is 6.